The first-order valence-electron chi connectivity index (χ1n) is 14.7. The number of carbonyl (C=O) groups is 2. The van der Waals surface area contributed by atoms with Crippen molar-refractivity contribution in [2.75, 3.05) is 6.54 Å². The van der Waals surface area contributed by atoms with Crippen molar-refractivity contribution in [3.8, 4) is 0 Å². The Morgan fingerprint density at radius 1 is 0.935 bits per heavy atom. The number of carbonyl (C=O) groups excluding carboxylic acids is 1. The Morgan fingerprint density at radius 2 is 1.54 bits per heavy atom. The summed E-state index contributed by atoms with van der Waals surface area (Å²) in [5.41, 5.74) is -7.17. The van der Waals surface area contributed by atoms with Gasteiger partial charge in [0.15, 0.2) is 9.84 Å². The molecule has 2 unspecified atom stereocenters. The quantitative estimate of drug-likeness (QED) is 0.261. The minimum absolute atomic E-state index is 0.0212. The fourth-order valence-corrected chi connectivity index (χ4v) is 11.2. The summed E-state index contributed by atoms with van der Waals surface area (Å²) in [5.74, 6) is -2.11. The second kappa shape index (κ2) is 10.5. The first-order valence-corrected chi connectivity index (χ1v) is 17.2. The monoisotopic (exact) mass is 787 g/mol. The van der Waals surface area contributed by atoms with Gasteiger partial charge in [-0.3, -0.25) is 9.59 Å². The maximum Gasteiger partial charge on any atom is 0.435 e. The smallest absolute Gasteiger partial charge is 0.435 e. The molecular weight excluding hydrogens is 758 g/mol. The van der Waals surface area contributed by atoms with Gasteiger partial charge in [0, 0.05) is 21.6 Å². The summed E-state index contributed by atoms with van der Waals surface area (Å²) in [5, 5.41) is 9.25. The molecule has 1 aliphatic heterocycles. The van der Waals surface area contributed by atoms with Crippen LogP contribution in [0.25, 0.3) is 0 Å². The van der Waals surface area contributed by atoms with Gasteiger partial charge in [0.05, 0.1) is 16.9 Å². The van der Waals surface area contributed by atoms with E-state index in [2.05, 4.69) is 0 Å². The zero-order chi connectivity index (χ0) is 33.8. The minimum Gasteiger partial charge on any atom is -0.481 e. The van der Waals surface area contributed by atoms with E-state index in [1.54, 1.807) is 13.0 Å². The molecule has 2 atom stereocenters. The van der Waals surface area contributed by atoms with Gasteiger partial charge in [-0.15, -0.1) is 0 Å². The number of sulfone groups is 1. The van der Waals surface area contributed by atoms with Crippen molar-refractivity contribution < 1.29 is 53.8 Å². The summed E-state index contributed by atoms with van der Waals surface area (Å²) < 4.78 is 125. The van der Waals surface area contributed by atoms with Crippen LogP contribution in [0.3, 0.4) is 0 Å². The van der Waals surface area contributed by atoms with Crippen LogP contribution in [-0.2, 0) is 36.3 Å². The first kappa shape index (κ1) is 33.5. The number of likely N-dealkylation sites (tertiary alicyclic amines) is 1. The normalized spacial score (nSPS) is 29.5. The number of carboxylic acid groups (broad SMARTS) is 1. The van der Waals surface area contributed by atoms with Crippen molar-refractivity contribution in [2.45, 2.75) is 85.6 Å². The molecule has 15 heteroatoms. The van der Waals surface area contributed by atoms with Crippen molar-refractivity contribution in [2.24, 2.45) is 17.3 Å². The van der Waals surface area contributed by atoms with E-state index in [1.165, 1.54) is 17.0 Å². The third kappa shape index (κ3) is 4.63. The summed E-state index contributed by atoms with van der Waals surface area (Å²) in [6.45, 7) is 1.67. The van der Waals surface area contributed by atoms with Crippen LogP contribution in [0.1, 0.15) is 60.8 Å². The first-order chi connectivity index (χ1) is 21.2. The molecule has 4 aliphatic rings. The van der Waals surface area contributed by atoms with Crippen LogP contribution >= 0.6 is 22.6 Å². The van der Waals surface area contributed by atoms with E-state index in [9.17, 15) is 49.5 Å². The zero-order valence-corrected chi connectivity index (χ0v) is 27.3. The second-order valence-electron chi connectivity index (χ2n) is 13.2. The van der Waals surface area contributed by atoms with E-state index in [1.807, 2.05) is 22.6 Å². The third-order valence-corrected chi connectivity index (χ3v) is 14.4. The lowest BCUT2D eigenvalue weighted by Crippen LogP contribution is -2.57. The molecule has 250 valence electrons. The van der Waals surface area contributed by atoms with Crippen LogP contribution in [0.5, 0.6) is 0 Å². The van der Waals surface area contributed by atoms with E-state index in [0.29, 0.717) is 43.4 Å². The Morgan fingerprint density at radius 3 is 2.11 bits per heavy atom. The lowest BCUT2D eigenvalue weighted by molar-refractivity contribution is -0.348. The van der Waals surface area contributed by atoms with Gasteiger partial charge in [0.25, 0.3) is 0 Å². The van der Waals surface area contributed by atoms with Crippen molar-refractivity contribution in [1.29, 1.82) is 0 Å². The molecule has 3 aliphatic carbocycles. The Labute approximate surface area is 273 Å². The maximum atomic E-state index is 15.1. The van der Waals surface area contributed by atoms with Gasteiger partial charge in [0.2, 0.25) is 5.91 Å². The number of rotatable bonds is 5. The fourth-order valence-electron chi connectivity index (χ4n) is 8.38. The van der Waals surface area contributed by atoms with E-state index >= 15 is 4.39 Å². The Balaban J connectivity index is 1.42. The number of aryl methyl sites for hydroxylation is 2. The average Bonchev–Trinajstić information content (AvgIpc) is 3.32. The lowest BCUT2D eigenvalue weighted by Gasteiger charge is -2.57. The Bertz CT molecular complexity index is 1720. The van der Waals surface area contributed by atoms with Gasteiger partial charge in [0.1, 0.15) is 4.75 Å². The molecular formula is C31H29F7INO5S. The summed E-state index contributed by atoms with van der Waals surface area (Å²) in [6.07, 6.45) is -11.3. The molecule has 2 aromatic carbocycles. The maximum absolute atomic E-state index is 15.1. The molecule has 1 heterocycles. The standard InChI is InChI=1S/C31H29F7INO5S/c1-16-10-21(4-6-23(16)39)46(44,45)28-8-9-40(25(41)18-12-27(13-18)14-19(15-27)26(42)43)24(28)7-2-17-11-20(3-5-22(17)28)29(32,30(33,34)35)31(36,37)38/h3-6,10-11,18-19,24H,2,7-9,12-15H2,1H3,(H,42,43). The average molecular weight is 788 g/mol. The SMILES string of the molecule is Cc1cc(S(=O)(=O)C23CCN(C(=O)C4CC5(CC(C(=O)O)C5)C4)C2CCc2cc(C(F)(C(F)(F)F)C(F)(F)F)ccc23)ccc1I. The summed E-state index contributed by atoms with van der Waals surface area (Å²) in [7, 11) is -4.43. The highest BCUT2D eigenvalue weighted by Gasteiger charge is 2.74. The molecule has 2 saturated carbocycles. The lowest BCUT2D eigenvalue weighted by atomic mass is 9.48. The summed E-state index contributed by atoms with van der Waals surface area (Å²) in [4.78, 5) is 26.5. The highest BCUT2D eigenvalue weighted by Crippen LogP contribution is 2.63. The molecule has 1 saturated heterocycles. The van der Waals surface area contributed by atoms with Crippen LogP contribution in [0.2, 0.25) is 0 Å². The zero-order valence-electron chi connectivity index (χ0n) is 24.3. The van der Waals surface area contributed by atoms with E-state index < -0.39 is 62.0 Å². The number of aliphatic carboxylic acids is 1. The van der Waals surface area contributed by atoms with Gasteiger partial charge in [-0.25, -0.2) is 12.8 Å². The van der Waals surface area contributed by atoms with E-state index in [0.717, 1.165) is 9.64 Å². The summed E-state index contributed by atoms with van der Waals surface area (Å²) >= 11 is 2.02. The van der Waals surface area contributed by atoms with Crippen molar-refractivity contribution >= 4 is 44.3 Å². The number of alkyl halides is 7. The fraction of sp³-hybridized carbons (Fsp3) is 0.548. The van der Waals surface area contributed by atoms with E-state index in [4.69, 9.17) is 0 Å². The molecule has 1 amide bonds. The molecule has 3 fully saturated rings. The molecule has 0 bridgehead atoms. The molecule has 6 nitrogen and oxygen atoms in total. The number of carboxylic acids is 1. The minimum atomic E-state index is -6.33. The number of hydrogen-bond donors (Lipinski definition) is 1. The van der Waals surface area contributed by atoms with Crippen molar-refractivity contribution in [3.05, 3.63) is 62.2 Å². The molecule has 46 heavy (non-hydrogen) atoms. The van der Waals surface area contributed by atoms with Gasteiger partial charge >= 0.3 is 24.0 Å². The van der Waals surface area contributed by atoms with Gasteiger partial charge in [-0.1, -0.05) is 18.2 Å². The molecule has 0 radical (unpaired) electrons. The van der Waals surface area contributed by atoms with Crippen LogP contribution in [0.15, 0.2) is 41.3 Å². The summed E-state index contributed by atoms with van der Waals surface area (Å²) in [6, 6.07) is 5.11. The number of hydrogen-bond acceptors (Lipinski definition) is 4. The van der Waals surface area contributed by atoms with Crippen molar-refractivity contribution in [1.82, 2.24) is 4.90 Å². The Hall–Kier alpha value is -2.43. The van der Waals surface area contributed by atoms with Crippen LogP contribution in [0, 0.1) is 27.7 Å². The third-order valence-electron chi connectivity index (χ3n) is 10.7. The Kier molecular flexibility index (Phi) is 7.66. The number of fused-ring (bicyclic) bond motifs is 3. The number of nitrogens with zero attached hydrogens (tertiary/aromatic N) is 1. The molecule has 0 aromatic heterocycles. The largest absolute Gasteiger partial charge is 0.481 e. The van der Waals surface area contributed by atoms with E-state index in [-0.39, 0.29) is 53.2 Å². The molecule has 1 spiro atoms. The molecule has 2 aromatic rings. The number of amides is 1. The predicted molar refractivity (Wildman–Crippen MR) is 158 cm³/mol. The van der Waals surface area contributed by atoms with Gasteiger partial charge < -0.3 is 10.0 Å². The van der Waals surface area contributed by atoms with Gasteiger partial charge in [-0.05, 0) is 115 Å². The highest BCUT2D eigenvalue weighted by atomic mass is 127. The molecule has 6 rings (SSSR count). The van der Waals surface area contributed by atoms with Crippen LogP contribution in [-0.4, -0.2) is 55.2 Å². The topological polar surface area (TPSA) is 91.8 Å². The molecule has 1 N–H and O–H groups in total. The predicted octanol–water partition coefficient (Wildman–Crippen LogP) is 7.00. The van der Waals surface area contributed by atoms with Gasteiger partial charge in [-0.2, -0.15) is 26.3 Å². The number of benzene rings is 2. The van der Waals surface area contributed by atoms with Crippen LogP contribution in [0.4, 0.5) is 30.7 Å². The highest BCUT2D eigenvalue weighted by molar-refractivity contribution is 14.1. The van der Waals surface area contributed by atoms with Crippen molar-refractivity contribution in [3.63, 3.8) is 0 Å². The second-order valence-corrected chi connectivity index (χ2v) is 16.6. The van der Waals surface area contributed by atoms with Crippen LogP contribution < -0.4 is 0 Å². The number of halogens is 8.